The third kappa shape index (κ3) is 3.47. The summed E-state index contributed by atoms with van der Waals surface area (Å²) in [6.45, 7) is 5.15. The van der Waals surface area contributed by atoms with Crippen LogP contribution in [0.1, 0.15) is 21.7 Å². The van der Waals surface area contributed by atoms with E-state index in [-0.39, 0.29) is 11.7 Å². The average Bonchev–Trinajstić information content (AvgIpc) is 3.05. The number of rotatable bonds is 4. The Hall–Kier alpha value is -2.86. The first kappa shape index (κ1) is 18.5. The number of ether oxygens (including phenoxy) is 1. The van der Waals surface area contributed by atoms with E-state index >= 15 is 0 Å². The molecule has 1 saturated heterocycles. The molecule has 3 aromatic rings. The van der Waals surface area contributed by atoms with E-state index in [2.05, 4.69) is 4.90 Å². The van der Waals surface area contributed by atoms with Crippen LogP contribution in [0.15, 0.2) is 46.9 Å². The fraction of sp³-hybridized carbons (Fsp3) is 0.318. The van der Waals surface area contributed by atoms with E-state index < -0.39 is 0 Å². The topological polar surface area (TPSA) is 45.9 Å². The lowest BCUT2D eigenvalue weighted by molar-refractivity contribution is 0.0598. The maximum absolute atomic E-state index is 13.6. The average molecular weight is 382 g/mol. The van der Waals surface area contributed by atoms with Crippen LogP contribution >= 0.6 is 0 Å². The first-order chi connectivity index (χ1) is 13.6. The van der Waals surface area contributed by atoms with Crippen LogP contribution in [0.4, 0.5) is 4.39 Å². The molecule has 1 aliphatic heterocycles. The molecule has 0 atom stereocenters. The van der Waals surface area contributed by atoms with Crippen molar-refractivity contribution in [2.75, 3.05) is 33.3 Å². The molecule has 2 aromatic carbocycles. The third-order valence-electron chi connectivity index (χ3n) is 5.33. The quantitative estimate of drug-likeness (QED) is 0.688. The third-order valence-corrected chi connectivity index (χ3v) is 5.33. The van der Waals surface area contributed by atoms with E-state index in [0.717, 1.165) is 22.1 Å². The van der Waals surface area contributed by atoms with Gasteiger partial charge in [-0.3, -0.25) is 9.69 Å². The predicted molar refractivity (Wildman–Crippen MR) is 105 cm³/mol. The van der Waals surface area contributed by atoms with Gasteiger partial charge >= 0.3 is 0 Å². The standard InChI is InChI=1S/C22H23FN2O3/c1-15-18-5-3-4-6-20(18)28-21(15)22(26)25-11-9-24(10-12-25)14-16-13-17(23)7-8-19(16)27-2/h3-8,13H,9-12,14H2,1-2H3. The van der Waals surface area contributed by atoms with E-state index in [1.54, 1.807) is 13.2 Å². The minimum atomic E-state index is -0.273. The van der Waals surface area contributed by atoms with Crippen LogP contribution in [0, 0.1) is 12.7 Å². The highest BCUT2D eigenvalue weighted by molar-refractivity contribution is 5.98. The number of carbonyl (C=O) groups excluding carboxylic acids is 1. The molecule has 28 heavy (non-hydrogen) atoms. The molecule has 0 radical (unpaired) electrons. The van der Waals surface area contributed by atoms with Crippen LogP contribution in [0.2, 0.25) is 0 Å². The molecule has 0 bridgehead atoms. The Balaban J connectivity index is 1.43. The monoisotopic (exact) mass is 382 g/mol. The first-order valence-corrected chi connectivity index (χ1v) is 9.39. The molecule has 4 rings (SSSR count). The second kappa shape index (κ2) is 7.64. The van der Waals surface area contributed by atoms with Gasteiger partial charge < -0.3 is 14.1 Å². The van der Waals surface area contributed by atoms with Gasteiger partial charge in [-0.1, -0.05) is 18.2 Å². The van der Waals surface area contributed by atoms with Crippen molar-refractivity contribution in [3.8, 4) is 5.75 Å². The zero-order valence-corrected chi connectivity index (χ0v) is 16.1. The van der Waals surface area contributed by atoms with Gasteiger partial charge in [0.25, 0.3) is 5.91 Å². The Morgan fingerprint density at radius 3 is 2.61 bits per heavy atom. The lowest BCUT2D eigenvalue weighted by Crippen LogP contribution is -2.48. The Bertz CT molecular complexity index is 1010. The second-order valence-corrected chi connectivity index (χ2v) is 7.08. The van der Waals surface area contributed by atoms with Crippen molar-refractivity contribution in [1.29, 1.82) is 0 Å². The lowest BCUT2D eigenvalue weighted by Gasteiger charge is -2.34. The number of hydrogen-bond acceptors (Lipinski definition) is 4. The second-order valence-electron chi connectivity index (χ2n) is 7.08. The highest BCUT2D eigenvalue weighted by Gasteiger charge is 2.27. The van der Waals surface area contributed by atoms with Crippen LogP contribution in [0.25, 0.3) is 11.0 Å². The summed E-state index contributed by atoms with van der Waals surface area (Å²) in [5.41, 5.74) is 2.43. The number of aryl methyl sites for hydroxylation is 1. The number of benzene rings is 2. The molecule has 0 N–H and O–H groups in total. The van der Waals surface area contributed by atoms with Crippen molar-refractivity contribution in [2.24, 2.45) is 0 Å². The molecule has 6 heteroatoms. The van der Waals surface area contributed by atoms with Crippen molar-refractivity contribution < 1.29 is 18.3 Å². The van der Waals surface area contributed by atoms with Crippen LogP contribution in [-0.4, -0.2) is 49.0 Å². The predicted octanol–water partition coefficient (Wildman–Crippen LogP) is 3.85. The lowest BCUT2D eigenvalue weighted by atomic mass is 10.1. The van der Waals surface area contributed by atoms with Gasteiger partial charge in [-0.15, -0.1) is 0 Å². The fourth-order valence-electron chi connectivity index (χ4n) is 3.74. The number of para-hydroxylation sites is 1. The Morgan fingerprint density at radius 1 is 1.14 bits per heavy atom. The minimum Gasteiger partial charge on any atom is -0.496 e. The summed E-state index contributed by atoms with van der Waals surface area (Å²) in [6.07, 6.45) is 0. The van der Waals surface area contributed by atoms with E-state index in [1.807, 2.05) is 36.1 Å². The molecule has 2 heterocycles. The van der Waals surface area contributed by atoms with E-state index in [9.17, 15) is 9.18 Å². The summed E-state index contributed by atoms with van der Waals surface area (Å²) in [4.78, 5) is 17.0. The Labute approximate surface area is 163 Å². The highest BCUT2D eigenvalue weighted by atomic mass is 19.1. The van der Waals surface area contributed by atoms with Crippen LogP contribution < -0.4 is 4.74 Å². The summed E-state index contributed by atoms with van der Waals surface area (Å²) in [5, 5.41) is 0.975. The molecule has 146 valence electrons. The number of furan rings is 1. The Kier molecular flexibility index (Phi) is 5.05. The van der Waals surface area contributed by atoms with Gasteiger partial charge in [-0.25, -0.2) is 4.39 Å². The smallest absolute Gasteiger partial charge is 0.289 e. The maximum atomic E-state index is 13.6. The normalized spacial score (nSPS) is 15.2. The SMILES string of the molecule is COc1ccc(F)cc1CN1CCN(C(=O)c2oc3ccccc3c2C)CC1. The number of methoxy groups -OCH3 is 1. The van der Waals surface area contributed by atoms with Gasteiger partial charge in [-0.05, 0) is 31.2 Å². The molecule has 1 aromatic heterocycles. The molecule has 1 amide bonds. The van der Waals surface area contributed by atoms with Gasteiger partial charge in [0, 0.05) is 49.2 Å². The first-order valence-electron chi connectivity index (χ1n) is 9.39. The van der Waals surface area contributed by atoms with Gasteiger partial charge in [0.2, 0.25) is 0 Å². The number of piperazine rings is 1. The molecule has 5 nitrogen and oxygen atoms in total. The Morgan fingerprint density at radius 2 is 1.89 bits per heavy atom. The molecule has 0 aliphatic carbocycles. The van der Waals surface area contributed by atoms with Gasteiger partial charge in [0.15, 0.2) is 5.76 Å². The summed E-state index contributed by atoms with van der Waals surface area (Å²) >= 11 is 0. The number of carbonyl (C=O) groups is 1. The van der Waals surface area contributed by atoms with Crippen molar-refractivity contribution in [1.82, 2.24) is 9.80 Å². The van der Waals surface area contributed by atoms with E-state index in [4.69, 9.17) is 9.15 Å². The number of nitrogens with zero attached hydrogens (tertiary/aromatic N) is 2. The van der Waals surface area contributed by atoms with Crippen molar-refractivity contribution >= 4 is 16.9 Å². The van der Waals surface area contributed by atoms with Crippen molar-refractivity contribution in [3.63, 3.8) is 0 Å². The number of amides is 1. The minimum absolute atomic E-state index is 0.0725. The van der Waals surface area contributed by atoms with Crippen molar-refractivity contribution in [2.45, 2.75) is 13.5 Å². The number of hydrogen-bond donors (Lipinski definition) is 0. The molecular weight excluding hydrogens is 359 g/mol. The van der Waals surface area contributed by atoms with Gasteiger partial charge in [0.1, 0.15) is 17.1 Å². The molecule has 1 fully saturated rings. The molecule has 0 unspecified atom stereocenters. The summed E-state index contributed by atoms with van der Waals surface area (Å²) in [7, 11) is 1.59. The number of halogens is 1. The van der Waals surface area contributed by atoms with Gasteiger partial charge in [-0.2, -0.15) is 0 Å². The number of fused-ring (bicyclic) bond motifs is 1. The van der Waals surface area contributed by atoms with Crippen LogP contribution in [-0.2, 0) is 6.54 Å². The largest absolute Gasteiger partial charge is 0.496 e. The van der Waals surface area contributed by atoms with Crippen molar-refractivity contribution in [3.05, 3.63) is 65.2 Å². The highest BCUT2D eigenvalue weighted by Crippen LogP contribution is 2.27. The maximum Gasteiger partial charge on any atom is 0.289 e. The molecule has 0 spiro atoms. The van der Waals surface area contributed by atoms with Crippen LogP contribution in [0.5, 0.6) is 5.75 Å². The molecule has 0 saturated carbocycles. The fourth-order valence-corrected chi connectivity index (χ4v) is 3.74. The summed E-state index contributed by atoms with van der Waals surface area (Å²) in [5.74, 6) is 0.751. The van der Waals surface area contributed by atoms with E-state index in [1.165, 1.54) is 12.1 Å². The van der Waals surface area contributed by atoms with E-state index in [0.29, 0.717) is 44.2 Å². The van der Waals surface area contributed by atoms with Crippen LogP contribution in [0.3, 0.4) is 0 Å². The zero-order valence-electron chi connectivity index (χ0n) is 16.1. The molecule has 1 aliphatic rings. The summed E-state index contributed by atoms with van der Waals surface area (Å²) < 4.78 is 24.7. The zero-order chi connectivity index (χ0) is 19.7. The molecular formula is C22H23FN2O3. The van der Waals surface area contributed by atoms with Gasteiger partial charge in [0.05, 0.1) is 7.11 Å². The summed E-state index contributed by atoms with van der Waals surface area (Å²) in [6, 6.07) is 12.2.